The highest BCUT2D eigenvalue weighted by atomic mass is 16.5. The molecule has 0 spiro atoms. The largest absolute Gasteiger partial charge is 0.469 e. The van der Waals surface area contributed by atoms with Crippen LogP contribution in [0.1, 0.15) is 106 Å². The lowest BCUT2D eigenvalue weighted by atomic mass is 9.83. The number of carbonyl (C=O) groups is 7. The van der Waals surface area contributed by atoms with Gasteiger partial charge < -0.3 is 33.6 Å². The van der Waals surface area contributed by atoms with Crippen LogP contribution >= 0.6 is 0 Å². The highest BCUT2D eigenvalue weighted by Crippen LogP contribution is 2.32. The Hall–Kier alpha value is -4.01. The molecule has 356 valence electrons. The van der Waals surface area contributed by atoms with Gasteiger partial charge in [0.05, 0.1) is 49.8 Å². The minimum atomic E-state index is -0.818. The Morgan fingerprint density at radius 3 is 1.92 bits per heavy atom. The highest BCUT2D eigenvalue weighted by molar-refractivity contribution is 5.93. The number of nitrogens with zero attached hydrogens (tertiary/aromatic N) is 3. The molecule has 1 aliphatic rings. The van der Waals surface area contributed by atoms with Gasteiger partial charge >= 0.3 is 5.97 Å². The third kappa shape index (κ3) is 15.6. The molecule has 9 atom stereocenters. The number of Topliss-reactive ketones (excluding diaryl/α,β-unsaturated/α-hetero) is 3. The number of hydrogen-bond donors (Lipinski definition) is 0. The van der Waals surface area contributed by atoms with E-state index in [4.69, 9.17) is 18.9 Å². The fourth-order valence-corrected chi connectivity index (χ4v) is 8.98. The van der Waals surface area contributed by atoms with Crippen LogP contribution in [-0.4, -0.2) is 141 Å². The van der Waals surface area contributed by atoms with Crippen LogP contribution in [-0.2, 0) is 58.9 Å². The molecule has 1 saturated heterocycles. The molecule has 1 heterocycles. The third-order valence-corrected chi connectivity index (χ3v) is 13.1. The average Bonchev–Trinajstić information content (AvgIpc) is 3.74. The average molecular weight is 886 g/mol. The predicted molar refractivity (Wildman–Crippen MR) is 241 cm³/mol. The molecule has 1 aromatic carbocycles. The molecule has 1 fully saturated rings. The van der Waals surface area contributed by atoms with E-state index in [1.807, 2.05) is 71.9 Å². The molecule has 2 rings (SSSR count). The SMILES string of the molecule is CC[C@H](C)[C@@H]([C@@H](CC(=O)N1CCC[C@H]1[C@H](OC)[C@@H](C)C(=O)C[C@@H](Cc1ccccc1)C(=O)OC)OC)N(C)C(=O)[C@@H](CC(=O)[C@H](C(C)C)N(C)C(=O)COCC(=O)C(C)C)C(C)C. The maximum Gasteiger partial charge on any atom is 0.309 e. The number of ketones is 3. The van der Waals surface area contributed by atoms with E-state index in [0.717, 1.165) is 5.56 Å². The number of likely N-dealkylation sites (N-methyl/N-ethyl adjacent to an activating group) is 2. The lowest BCUT2D eigenvalue weighted by Gasteiger charge is -2.41. The van der Waals surface area contributed by atoms with Crippen LogP contribution < -0.4 is 0 Å². The summed E-state index contributed by atoms with van der Waals surface area (Å²) in [5.41, 5.74) is 0.920. The summed E-state index contributed by atoms with van der Waals surface area (Å²) in [6.07, 6.45) is 0.909. The van der Waals surface area contributed by atoms with Crippen LogP contribution in [0.5, 0.6) is 0 Å². The number of methoxy groups -OCH3 is 3. The molecular formula is C49H79N3O11. The minimum Gasteiger partial charge on any atom is -0.469 e. The van der Waals surface area contributed by atoms with Crippen LogP contribution in [0.15, 0.2) is 30.3 Å². The maximum absolute atomic E-state index is 14.6. The van der Waals surface area contributed by atoms with Crippen molar-refractivity contribution in [3.8, 4) is 0 Å². The second kappa shape index (κ2) is 26.7. The van der Waals surface area contributed by atoms with Crippen molar-refractivity contribution >= 4 is 41.0 Å². The number of hydrogen-bond acceptors (Lipinski definition) is 11. The van der Waals surface area contributed by atoms with Crippen molar-refractivity contribution in [3.63, 3.8) is 0 Å². The van der Waals surface area contributed by atoms with Crippen molar-refractivity contribution < 1.29 is 52.5 Å². The molecule has 1 aliphatic heterocycles. The summed E-state index contributed by atoms with van der Waals surface area (Å²) in [7, 11) is 7.63. The van der Waals surface area contributed by atoms with E-state index in [9.17, 15) is 33.6 Å². The van der Waals surface area contributed by atoms with Gasteiger partial charge in [-0.1, -0.05) is 99.1 Å². The second-order valence-corrected chi connectivity index (χ2v) is 18.5. The smallest absolute Gasteiger partial charge is 0.309 e. The number of amides is 3. The fourth-order valence-electron chi connectivity index (χ4n) is 8.98. The Morgan fingerprint density at radius 2 is 1.40 bits per heavy atom. The van der Waals surface area contributed by atoms with Crippen molar-refractivity contribution in [2.24, 2.45) is 41.4 Å². The Bertz CT molecular complexity index is 1650. The van der Waals surface area contributed by atoms with Crippen molar-refractivity contribution in [1.82, 2.24) is 14.7 Å². The Labute approximate surface area is 377 Å². The van der Waals surface area contributed by atoms with Crippen LogP contribution in [0.25, 0.3) is 0 Å². The molecule has 0 N–H and O–H groups in total. The van der Waals surface area contributed by atoms with Crippen molar-refractivity contribution in [3.05, 3.63) is 35.9 Å². The first kappa shape index (κ1) is 55.1. The number of esters is 1. The molecule has 1 aromatic rings. The molecule has 0 aromatic heterocycles. The van der Waals surface area contributed by atoms with Gasteiger partial charge in [-0.2, -0.15) is 0 Å². The molecule has 0 radical (unpaired) electrons. The summed E-state index contributed by atoms with van der Waals surface area (Å²) in [5.74, 6) is -4.68. The summed E-state index contributed by atoms with van der Waals surface area (Å²) in [6, 6.07) is 7.74. The van der Waals surface area contributed by atoms with Gasteiger partial charge in [0.25, 0.3) is 0 Å². The van der Waals surface area contributed by atoms with E-state index in [-0.39, 0.29) is 85.3 Å². The standard InChI is InChI=1S/C49H79N3O11/c1-15-33(8)46(51(11)48(58)37(30(2)3)26-40(54)45(32(6)7)50(10)44(57)29-63-28-41(55)31(4)5)42(60-12)27-43(56)52-23-19-22-38(52)47(61-13)34(9)39(53)25-36(49(59)62-14)24-35-20-17-16-18-21-35/h16-18,20-21,30-34,36-38,42,45-47H,15,19,22-29H2,1-14H3/t33-,34-,36+,37-,38-,42+,45-,46-,47+/m0/s1. The quantitative estimate of drug-likeness (QED) is 0.0927. The zero-order valence-electron chi connectivity index (χ0n) is 40.7. The molecule has 0 bridgehead atoms. The lowest BCUT2D eigenvalue weighted by Crippen LogP contribution is -2.54. The Morgan fingerprint density at radius 1 is 0.762 bits per heavy atom. The van der Waals surface area contributed by atoms with Gasteiger partial charge in [0.15, 0.2) is 11.6 Å². The van der Waals surface area contributed by atoms with E-state index in [1.54, 1.807) is 44.7 Å². The Kier molecular flexibility index (Phi) is 23.4. The number of likely N-dealkylation sites (tertiary alicyclic amines) is 1. The van der Waals surface area contributed by atoms with Gasteiger partial charge in [-0.15, -0.1) is 0 Å². The van der Waals surface area contributed by atoms with Gasteiger partial charge in [0.1, 0.15) is 19.0 Å². The first-order chi connectivity index (χ1) is 29.7. The Balaban J connectivity index is 2.28. The molecule has 0 aliphatic carbocycles. The van der Waals surface area contributed by atoms with E-state index < -0.39 is 60.0 Å². The molecule has 63 heavy (non-hydrogen) atoms. The van der Waals surface area contributed by atoms with Gasteiger partial charge in [0, 0.05) is 65.5 Å². The summed E-state index contributed by atoms with van der Waals surface area (Å²) in [6.45, 7) is 16.7. The van der Waals surface area contributed by atoms with Crippen LogP contribution in [0.2, 0.25) is 0 Å². The molecule has 0 unspecified atom stereocenters. The van der Waals surface area contributed by atoms with E-state index in [0.29, 0.717) is 32.2 Å². The lowest BCUT2D eigenvalue weighted by molar-refractivity contribution is -0.150. The molecule has 14 nitrogen and oxygen atoms in total. The van der Waals surface area contributed by atoms with Crippen LogP contribution in [0, 0.1) is 41.4 Å². The first-order valence-electron chi connectivity index (χ1n) is 22.8. The zero-order valence-corrected chi connectivity index (χ0v) is 40.7. The topological polar surface area (TPSA) is 166 Å². The predicted octanol–water partition coefficient (Wildman–Crippen LogP) is 5.85. The molecule has 14 heteroatoms. The second-order valence-electron chi connectivity index (χ2n) is 18.5. The van der Waals surface area contributed by atoms with Crippen molar-refractivity contribution in [2.75, 3.05) is 55.2 Å². The van der Waals surface area contributed by atoms with Gasteiger partial charge in [0.2, 0.25) is 17.7 Å². The monoisotopic (exact) mass is 886 g/mol. The highest BCUT2D eigenvalue weighted by Gasteiger charge is 2.44. The number of ether oxygens (including phenoxy) is 4. The first-order valence-corrected chi connectivity index (χ1v) is 22.8. The number of benzene rings is 1. The van der Waals surface area contributed by atoms with Gasteiger partial charge in [-0.05, 0) is 42.6 Å². The summed E-state index contributed by atoms with van der Waals surface area (Å²) >= 11 is 0. The minimum absolute atomic E-state index is 0.0292. The summed E-state index contributed by atoms with van der Waals surface area (Å²) in [5, 5.41) is 0. The normalized spacial score (nSPS) is 18.0. The van der Waals surface area contributed by atoms with Crippen LogP contribution in [0.4, 0.5) is 0 Å². The molecule has 0 saturated carbocycles. The zero-order chi connectivity index (χ0) is 47.7. The van der Waals surface area contributed by atoms with E-state index in [1.165, 1.54) is 26.2 Å². The van der Waals surface area contributed by atoms with E-state index >= 15 is 0 Å². The van der Waals surface area contributed by atoms with Crippen molar-refractivity contribution in [1.29, 1.82) is 0 Å². The third-order valence-electron chi connectivity index (χ3n) is 13.1. The van der Waals surface area contributed by atoms with Gasteiger partial charge in [-0.25, -0.2) is 0 Å². The maximum atomic E-state index is 14.6. The fraction of sp³-hybridized carbons (Fsp3) is 0.735. The molecular weight excluding hydrogens is 807 g/mol. The number of carbonyl (C=O) groups excluding carboxylic acids is 7. The molecule has 3 amide bonds. The van der Waals surface area contributed by atoms with Crippen molar-refractivity contribution in [2.45, 2.75) is 138 Å². The summed E-state index contributed by atoms with van der Waals surface area (Å²) in [4.78, 5) is 99.6. The van der Waals surface area contributed by atoms with Crippen LogP contribution in [0.3, 0.4) is 0 Å². The van der Waals surface area contributed by atoms with Gasteiger partial charge in [-0.3, -0.25) is 33.6 Å². The van der Waals surface area contributed by atoms with E-state index in [2.05, 4.69) is 0 Å². The summed E-state index contributed by atoms with van der Waals surface area (Å²) < 4.78 is 22.5. The number of rotatable bonds is 28.